The van der Waals surface area contributed by atoms with Crippen LogP contribution in [0.25, 0.3) is 0 Å². The maximum atomic E-state index is 9.90. The van der Waals surface area contributed by atoms with Crippen LogP contribution in [-0.4, -0.2) is 64.3 Å². The Labute approximate surface area is 118 Å². The first-order valence-electron chi connectivity index (χ1n) is 6.19. The molecule has 19 heavy (non-hydrogen) atoms. The number of aliphatic hydroxyl groups is 1. The van der Waals surface area contributed by atoms with Crippen molar-refractivity contribution in [3.8, 4) is 0 Å². The Bertz CT molecular complexity index is 467. The number of aliphatic hydroxyl groups excluding tert-OH is 1. The lowest BCUT2D eigenvalue weighted by Crippen LogP contribution is -2.39. The average Bonchev–Trinajstić information content (AvgIpc) is 2.69. The van der Waals surface area contributed by atoms with E-state index in [1.54, 1.807) is 12.4 Å². The normalized spacial score (nSPS) is 23.1. The monoisotopic (exact) mass is 281 g/mol. The summed E-state index contributed by atoms with van der Waals surface area (Å²) in [6.07, 6.45) is 3.55. The predicted octanol–water partition coefficient (Wildman–Crippen LogP) is -0.388. The van der Waals surface area contributed by atoms with Crippen molar-refractivity contribution in [1.82, 2.24) is 14.9 Å². The third kappa shape index (κ3) is 3.17. The van der Waals surface area contributed by atoms with Crippen LogP contribution in [0.3, 0.4) is 0 Å². The maximum absolute atomic E-state index is 9.90. The van der Waals surface area contributed by atoms with Crippen LogP contribution in [0, 0.1) is 0 Å². The molecule has 1 aromatic heterocycles. The molecule has 7 heteroatoms. The van der Waals surface area contributed by atoms with E-state index >= 15 is 0 Å². The van der Waals surface area contributed by atoms with Crippen LogP contribution in [0.4, 0.5) is 5.82 Å². The van der Waals surface area contributed by atoms with Crippen molar-refractivity contribution < 1.29 is 5.11 Å². The van der Waals surface area contributed by atoms with Gasteiger partial charge in [-0.1, -0.05) is 12.2 Å². The molecule has 0 aromatic carbocycles. The zero-order chi connectivity index (χ0) is 14.0. The minimum absolute atomic E-state index is 0.190. The Hall–Kier alpha value is -1.31. The molecule has 1 saturated heterocycles. The molecule has 0 radical (unpaired) electrons. The zero-order valence-electron chi connectivity index (χ0n) is 11.2. The number of thiocarbonyl (C=S) groups is 1. The Morgan fingerprint density at radius 1 is 1.53 bits per heavy atom. The number of nitrogens with two attached hydrogens (primary N) is 1. The summed E-state index contributed by atoms with van der Waals surface area (Å²) in [6, 6.07) is 0.190. The molecule has 2 heterocycles. The molecule has 2 rings (SSSR count). The summed E-state index contributed by atoms with van der Waals surface area (Å²) < 4.78 is 0. The van der Waals surface area contributed by atoms with Crippen LogP contribution < -0.4 is 10.6 Å². The molecule has 2 unspecified atom stereocenters. The van der Waals surface area contributed by atoms with E-state index < -0.39 is 0 Å². The van der Waals surface area contributed by atoms with Crippen LogP contribution in [0.2, 0.25) is 0 Å². The highest BCUT2D eigenvalue weighted by atomic mass is 32.1. The van der Waals surface area contributed by atoms with Gasteiger partial charge in [0.15, 0.2) is 5.82 Å². The van der Waals surface area contributed by atoms with Crippen molar-refractivity contribution >= 4 is 23.0 Å². The molecule has 3 N–H and O–H groups in total. The van der Waals surface area contributed by atoms with Crippen molar-refractivity contribution in [1.29, 1.82) is 0 Å². The van der Waals surface area contributed by atoms with Crippen molar-refractivity contribution in [3.63, 3.8) is 0 Å². The first kappa shape index (κ1) is 14.1. The topological polar surface area (TPSA) is 78.5 Å². The van der Waals surface area contributed by atoms with Crippen LogP contribution in [0.15, 0.2) is 12.4 Å². The smallest absolute Gasteiger partial charge is 0.158 e. The quantitative estimate of drug-likeness (QED) is 0.728. The Morgan fingerprint density at radius 2 is 2.21 bits per heavy atom. The molecule has 0 saturated carbocycles. The number of β-amino-alcohol motifs (C(OH)–C–C–N with tert-alkyl or cyclic N) is 1. The highest BCUT2D eigenvalue weighted by Crippen LogP contribution is 2.26. The SMILES string of the molecule is CN(C)CC1CC(O)CN1c1nccnc1C(N)=S. The van der Waals surface area contributed by atoms with Gasteiger partial charge in [-0.05, 0) is 20.5 Å². The van der Waals surface area contributed by atoms with Crippen LogP contribution >= 0.6 is 12.2 Å². The molecule has 2 atom stereocenters. The lowest BCUT2D eigenvalue weighted by molar-refractivity contribution is 0.191. The van der Waals surface area contributed by atoms with Gasteiger partial charge in [-0.2, -0.15) is 0 Å². The minimum atomic E-state index is -0.355. The van der Waals surface area contributed by atoms with Crippen molar-refractivity contribution in [2.45, 2.75) is 18.6 Å². The van der Waals surface area contributed by atoms with Gasteiger partial charge in [-0.15, -0.1) is 0 Å². The van der Waals surface area contributed by atoms with Gasteiger partial charge >= 0.3 is 0 Å². The van der Waals surface area contributed by atoms with Gasteiger partial charge in [0.1, 0.15) is 10.7 Å². The van der Waals surface area contributed by atoms with Gasteiger partial charge in [-0.3, -0.25) is 0 Å². The molecule has 104 valence electrons. The molecule has 1 aliphatic rings. The summed E-state index contributed by atoms with van der Waals surface area (Å²) >= 11 is 5.02. The van der Waals surface area contributed by atoms with E-state index in [1.165, 1.54) is 0 Å². The molecule has 0 bridgehead atoms. The Kier molecular flexibility index (Phi) is 4.28. The second-order valence-electron chi connectivity index (χ2n) is 5.05. The van der Waals surface area contributed by atoms with Crippen LogP contribution in [0.1, 0.15) is 12.1 Å². The van der Waals surface area contributed by atoms with Gasteiger partial charge in [0.2, 0.25) is 0 Å². The molecule has 1 aromatic rings. The fraction of sp³-hybridized carbons (Fsp3) is 0.583. The largest absolute Gasteiger partial charge is 0.391 e. The summed E-state index contributed by atoms with van der Waals surface area (Å²) in [5.41, 5.74) is 6.22. The van der Waals surface area contributed by atoms with E-state index in [1.807, 2.05) is 19.0 Å². The van der Waals surface area contributed by atoms with Crippen LogP contribution in [0.5, 0.6) is 0 Å². The summed E-state index contributed by atoms with van der Waals surface area (Å²) in [4.78, 5) is 12.9. The summed E-state index contributed by atoms with van der Waals surface area (Å²) in [5.74, 6) is 0.665. The molecule has 6 nitrogen and oxygen atoms in total. The average molecular weight is 281 g/mol. The van der Waals surface area contributed by atoms with E-state index in [9.17, 15) is 5.11 Å². The maximum Gasteiger partial charge on any atom is 0.158 e. The molecule has 0 amide bonds. The minimum Gasteiger partial charge on any atom is -0.391 e. The predicted molar refractivity (Wildman–Crippen MR) is 78.2 cm³/mol. The Morgan fingerprint density at radius 3 is 2.84 bits per heavy atom. The Balaban J connectivity index is 2.31. The zero-order valence-corrected chi connectivity index (χ0v) is 12.0. The van der Waals surface area contributed by atoms with Gasteiger partial charge in [-0.25, -0.2) is 9.97 Å². The second-order valence-corrected chi connectivity index (χ2v) is 5.49. The van der Waals surface area contributed by atoms with Crippen molar-refractivity contribution in [2.75, 3.05) is 32.1 Å². The highest BCUT2D eigenvalue weighted by Gasteiger charge is 2.33. The third-order valence-electron chi connectivity index (χ3n) is 3.15. The second kappa shape index (κ2) is 5.77. The molecule has 1 aliphatic heterocycles. The fourth-order valence-electron chi connectivity index (χ4n) is 2.46. The number of rotatable bonds is 4. The number of hydrogen-bond acceptors (Lipinski definition) is 6. The lowest BCUT2D eigenvalue weighted by atomic mass is 10.2. The first-order chi connectivity index (χ1) is 8.99. The number of likely N-dealkylation sites (N-methyl/N-ethyl adjacent to an activating group) is 1. The van der Waals surface area contributed by atoms with Gasteiger partial charge in [0.25, 0.3) is 0 Å². The van der Waals surface area contributed by atoms with E-state index in [4.69, 9.17) is 18.0 Å². The standard InChI is InChI=1S/C12H19N5OS/c1-16(2)6-8-5-9(18)7-17(8)12-10(11(13)19)14-3-4-15-12/h3-4,8-9,18H,5-7H2,1-2H3,(H2,13,19). The summed E-state index contributed by atoms with van der Waals surface area (Å²) in [7, 11) is 4.02. The molecular weight excluding hydrogens is 262 g/mol. The number of anilines is 1. The molecule has 0 aliphatic carbocycles. The van der Waals surface area contributed by atoms with Crippen LogP contribution in [-0.2, 0) is 0 Å². The fourth-order valence-corrected chi connectivity index (χ4v) is 2.60. The highest BCUT2D eigenvalue weighted by molar-refractivity contribution is 7.80. The summed E-state index contributed by atoms with van der Waals surface area (Å²) in [5, 5.41) is 9.90. The van der Waals surface area contributed by atoms with E-state index in [0.29, 0.717) is 24.5 Å². The molecule has 0 spiro atoms. The number of hydrogen-bond donors (Lipinski definition) is 2. The summed E-state index contributed by atoms with van der Waals surface area (Å²) in [6.45, 7) is 1.37. The number of nitrogens with zero attached hydrogens (tertiary/aromatic N) is 4. The lowest BCUT2D eigenvalue weighted by Gasteiger charge is -2.28. The molecular formula is C12H19N5OS. The van der Waals surface area contributed by atoms with Gasteiger partial charge < -0.3 is 20.6 Å². The van der Waals surface area contributed by atoms with Gasteiger partial charge in [0, 0.05) is 31.5 Å². The van der Waals surface area contributed by atoms with E-state index in [2.05, 4.69) is 14.9 Å². The van der Waals surface area contributed by atoms with Crippen molar-refractivity contribution in [3.05, 3.63) is 18.1 Å². The van der Waals surface area contributed by atoms with Gasteiger partial charge in [0.05, 0.1) is 6.10 Å². The number of aromatic nitrogens is 2. The molecule has 1 fully saturated rings. The van der Waals surface area contributed by atoms with E-state index in [0.717, 1.165) is 6.54 Å². The van der Waals surface area contributed by atoms with E-state index in [-0.39, 0.29) is 17.1 Å². The van der Waals surface area contributed by atoms with Crippen molar-refractivity contribution in [2.24, 2.45) is 5.73 Å². The third-order valence-corrected chi connectivity index (χ3v) is 3.35. The first-order valence-corrected chi connectivity index (χ1v) is 6.60.